The van der Waals surface area contributed by atoms with Gasteiger partial charge in [-0.2, -0.15) is 0 Å². The van der Waals surface area contributed by atoms with Gasteiger partial charge in [-0.1, -0.05) is 88.9 Å². The van der Waals surface area contributed by atoms with Crippen LogP contribution in [0.4, 0.5) is 0 Å². The summed E-state index contributed by atoms with van der Waals surface area (Å²) >= 11 is 0. The van der Waals surface area contributed by atoms with Crippen molar-refractivity contribution in [2.45, 2.75) is 68.6 Å². The molecule has 2 heteroatoms. The van der Waals surface area contributed by atoms with Gasteiger partial charge in [-0.15, -0.1) is 0 Å². The molecule has 4 atom stereocenters. The van der Waals surface area contributed by atoms with Crippen LogP contribution in [-0.2, 0) is 0 Å². The third-order valence-electron chi connectivity index (χ3n) is 6.25. The van der Waals surface area contributed by atoms with E-state index < -0.39 is 0 Å². The van der Waals surface area contributed by atoms with E-state index in [0.29, 0.717) is 0 Å². The van der Waals surface area contributed by atoms with Crippen molar-refractivity contribution in [2.24, 2.45) is 0 Å². The van der Waals surface area contributed by atoms with Crippen LogP contribution in [0, 0.1) is 0 Å². The summed E-state index contributed by atoms with van der Waals surface area (Å²) in [6.07, 6.45) is 7.34. The van der Waals surface area contributed by atoms with Gasteiger partial charge in [-0.3, -0.25) is 0 Å². The molecule has 0 radical (unpaired) electrons. The summed E-state index contributed by atoms with van der Waals surface area (Å²) in [4.78, 5) is 0. The van der Waals surface area contributed by atoms with E-state index in [-0.39, 0.29) is 15.8 Å². The molecule has 1 saturated carbocycles. The molecule has 1 unspecified atom stereocenters. The average molecular weight is 368 g/mol. The minimum atomic E-state index is -0.229. The summed E-state index contributed by atoms with van der Waals surface area (Å²) in [6, 6.07) is 22.9. The molecule has 132 valence electrons. The standard InChI is InChI=1S/C23H30P2/c1-18-16-17-19(2)24(18)22-14-9-15-23(22)25(20-10-5-3-6-11-20)21-12-7-4-8-13-21/h3-8,10-13,18-19,22-23H,9,14-17H2,1-2H3/t18-,19-,22?,23-/m0/s1. The van der Waals surface area contributed by atoms with Gasteiger partial charge in [0, 0.05) is 0 Å². The van der Waals surface area contributed by atoms with Crippen molar-refractivity contribution in [3.63, 3.8) is 0 Å². The fourth-order valence-corrected chi connectivity index (χ4v) is 13.1. The number of hydrogen-bond acceptors (Lipinski definition) is 0. The van der Waals surface area contributed by atoms with Gasteiger partial charge in [0.2, 0.25) is 0 Å². The van der Waals surface area contributed by atoms with Gasteiger partial charge in [0.1, 0.15) is 0 Å². The first-order valence-electron chi connectivity index (χ1n) is 9.92. The lowest BCUT2D eigenvalue weighted by molar-refractivity contribution is 0.777. The Morgan fingerprint density at radius 3 is 1.76 bits per heavy atom. The molecule has 0 aromatic heterocycles. The molecule has 2 aromatic rings. The van der Waals surface area contributed by atoms with Gasteiger partial charge in [-0.25, -0.2) is 0 Å². The molecule has 0 spiro atoms. The number of benzene rings is 2. The van der Waals surface area contributed by atoms with Crippen LogP contribution in [0.15, 0.2) is 60.7 Å². The molecule has 1 aliphatic heterocycles. The highest BCUT2D eigenvalue weighted by Gasteiger charge is 2.44. The van der Waals surface area contributed by atoms with E-state index in [2.05, 4.69) is 74.5 Å². The summed E-state index contributed by atoms with van der Waals surface area (Å²) in [6.45, 7) is 5.11. The maximum atomic E-state index is 2.55. The zero-order valence-electron chi connectivity index (χ0n) is 15.5. The highest BCUT2D eigenvalue weighted by atomic mass is 31.1. The molecule has 1 heterocycles. The molecular weight excluding hydrogens is 338 g/mol. The first kappa shape index (κ1) is 17.7. The van der Waals surface area contributed by atoms with E-state index in [1.165, 1.54) is 32.1 Å². The normalized spacial score (nSPS) is 30.2. The minimum absolute atomic E-state index is 0.195. The molecule has 0 bridgehead atoms. The van der Waals surface area contributed by atoms with Gasteiger partial charge in [0.25, 0.3) is 0 Å². The summed E-state index contributed by atoms with van der Waals surface area (Å²) in [7, 11) is -0.0343. The van der Waals surface area contributed by atoms with Crippen LogP contribution in [0.3, 0.4) is 0 Å². The predicted octanol–water partition coefficient (Wildman–Crippen LogP) is 6.09. The van der Waals surface area contributed by atoms with Gasteiger partial charge >= 0.3 is 0 Å². The number of rotatable bonds is 4. The maximum absolute atomic E-state index is 2.55. The van der Waals surface area contributed by atoms with Crippen molar-refractivity contribution in [3.05, 3.63) is 60.7 Å². The molecule has 0 amide bonds. The molecule has 1 aliphatic carbocycles. The van der Waals surface area contributed by atoms with Gasteiger partial charge in [-0.05, 0) is 66.8 Å². The Balaban J connectivity index is 1.71. The first-order chi connectivity index (χ1) is 12.3. The molecule has 2 fully saturated rings. The van der Waals surface area contributed by atoms with Crippen molar-refractivity contribution in [1.29, 1.82) is 0 Å². The Labute approximate surface area is 155 Å². The molecule has 0 nitrogen and oxygen atoms in total. The van der Waals surface area contributed by atoms with Gasteiger partial charge < -0.3 is 0 Å². The van der Waals surface area contributed by atoms with E-state index in [4.69, 9.17) is 0 Å². The van der Waals surface area contributed by atoms with E-state index in [0.717, 1.165) is 22.6 Å². The van der Waals surface area contributed by atoms with Crippen LogP contribution < -0.4 is 10.6 Å². The lowest BCUT2D eigenvalue weighted by Crippen LogP contribution is -2.29. The highest BCUT2D eigenvalue weighted by molar-refractivity contribution is 7.74. The van der Waals surface area contributed by atoms with Crippen molar-refractivity contribution < 1.29 is 0 Å². The van der Waals surface area contributed by atoms with E-state index in [9.17, 15) is 0 Å². The van der Waals surface area contributed by atoms with Crippen LogP contribution in [0.25, 0.3) is 0 Å². The lowest BCUT2D eigenvalue weighted by atomic mass is 10.2. The van der Waals surface area contributed by atoms with E-state index in [1.54, 1.807) is 10.6 Å². The summed E-state index contributed by atoms with van der Waals surface area (Å²) < 4.78 is 0. The molecular formula is C23H30P2. The van der Waals surface area contributed by atoms with Crippen LogP contribution in [0.2, 0.25) is 0 Å². The smallest absolute Gasteiger partial charge is 0.00609 e. The SMILES string of the molecule is C[C@H]1CC[C@H](C)P1C1CCC[C@@H]1P(c1ccccc1)c1ccccc1. The largest absolute Gasteiger partial charge is 0.0970 e. The van der Waals surface area contributed by atoms with Crippen LogP contribution in [-0.4, -0.2) is 22.6 Å². The van der Waals surface area contributed by atoms with E-state index in [1.807, 2.05) is 0 Å². The quantitative estimate of drug-likeness (QED) is 0.573. The average Bonchev–Trinajstić information content (AvgIpc) is 3.23. The highest BCUT2D eigenvalue weighted by Crippen LogP contribution is 2.66. The van der Waals surface area contributed by atoms with Gasteiger partial charge in [0.15, 0.2) is 0 Å². The Morgan fingerprint density at radius 2 is 1.24 bits per heavy atom. The lowest BCUT2D eigenvalue weighted by Gasteiger charge is -2.37. The third-order valence-corrected chi connectivity index (χ3v) is 13.4. The monoisotopic (exact) mass is 368 g/mol. The second kappa shape index (κ2) is 7.90. The molecule has 4 rings (SSSR count). The van der Waals surface area contributed by atoms with Crippen molar-refractivity contribution in [1.82, 2.24) is 0 Å². The maximum Gasteiger partial charge on any atom is -0.00609 e. The third kappa shape index (κ3) is 3.59. The second-order valence-corrected chi connectivity index (χ2v) is 13.6. The fraction of sp³-hybridized carbons (Fsp3) is 0.478. The fourth-order valence-electron chi connectivity index (χ4n) is 5.15. The Kier molecular flexibility index (Phi) is 5.59. The summed E-state index contributed by atoms with van der Waals surface area (Å²) in [5.74, 6) is 0. The molecule has 0 N–H and O–H groups in total. The van der Waals surface area contributed by atoms with Gasteiger partial charge in [0.05, 0.1) is 0 Å². The zero-order valence-corrected chi connectivity index (χ0v) is 17.3. The Morgan fingerprint density at radius 1 is 0.720 bits per heavy atom. The first-order valence-corrected chi connectivity index (χ1v) is 12.9. The molecule has 2 aliphatic rings. The second-order valence-electron chi connectivity index (χ2n) is 7.83. The van der Waals surface area contributed by atoms with E-state index >= 15 is 0 Å². The number of hydrogen-bond donors (Lipinski definition) is 0. The molecule has 2 aromatic carbocycles. The zero-order chi connectivity index (χ0) is 17.2. The van der Waals surface area contributed by atoms with Crippen molar-refractivity contribution in [3.8, 4) is 0 Å². The Hall–Kier alpha value is -0.700. The Bertz CT molecular complexity index is 620. The topological polar surface area (TPSA) is 0 Å². The summed E-state index contributed by atoms with van der Waals surface area (Å²) in [5.41, 5.74) is 3.86. The van der Waals surface area contributed by atoms with Crippen molar-refractivity contribution in [2.75, 3.05) is 0 Å². The van der Waals surface area contributed by atoms with Crippen molar-refractivity contribution >= 4 is 26.5 Å². The molecule has 25 heavy (non-hydrogen) atoms. The van der Waals surface area contributed by atoms with Crippen LogP contribution >= 0.6 is 15.8 Å². The minimum Gasteiger partial charge on any atom is -0.0970 e. The summed E-state index contributed by atoms with van der Waals surface area (Å²) in [5, 5.41) is 3.19. The predicted molar refractivity (Wildman–Crippen MR) is 116 cm³/mol. The van der Waals surface area contributed by atoms with Crippen LogP contribution in [0.1, 0.15) is 46.0 Å². The molecule has 1 saturated heterocycles. The van der Waals surface area contributed by atoms with Crippen LogP contribution in [0.5, 0.6) is 0 Å².